The van der Waals surface area contributed by atoms with Crippen LogP contribution in [0.5, 0.6) is 0 Å². The summed E-state index contributed by atoms with van der Waals surface area (Å²) < 4.78 is 50.2. The lowest BCUT2D eigenvalue weighted by molar-refractivity contribution is 0.580. The lowest BCUT2D eigenvalue weighted by Gasteiger charge is -2.06. The van der Waals surface area contributed by atoms with Crippen LogP contribution in [0.1, 0.15) is 0 Å². The first-order valence-corrected chi connectivity index (χ1v) is 10.7. The third-order valence-corrected chi connectivity index (χ3v) is 7.15. The maximum absolute atomic E-state index is 12.6. The monoisotopic (exact) mass is 384 g/mol. The molecule has 26 heavy (non-hydrogen) atoms. The summed E-state index contributed by atoms with van der Waals surface area (Å²) in [6.45, 7) is 0. The highest BCUT2D eigenvalue weighted by Gasteiger charge is 2.23. The second-order valence-corrected chi connectivity index (χ2v) is 9.64. The van der Waals surface area contributed by atoms with E-state index in [1.165, 1.54) is 24.3 Å². The van der Waals surface area contributed by atoms with Gasteiger partial charge in [-0.1, -0.05) is 35.2 Å². The Labute approximate surface area is 154 Å². The summed E-state index contributed by atoms with van der Waals surface area (Å²) in [5.41, 5.74) is 1.85. The summed E-state index contributed by atoms with van der Waals surface area (Å²) in [7, 11) is -4.02. The minimum absolute atomic E-state index is 0.0755. The second kappa shape index (κ2) is 6.69. The van der Waals surface area contributed by atoms with E-state index < -0.39 is 19.7 Å². The van der Waals surface area contributed by atoms with Crippen LogP contribution in [0.4, 0.5) is 0 Å². The lowest BCUT2D eigenvalue weighted by atomic mass is 9.97. The van der Waals surface area contributed by atoms with E-state index in [4.69, 9.17) is 0 Å². The molecule has 3 rings (SSSR count). The fourth-order valence-electron chi connectivity index (χ4n) is 2.27. The zero-order chi connectivity index (χ0) is 18.9. The van der Waals surface area contributed by atoms with E-state index in [0.29, 0.717) is 0 Å². The first-order chi connectivity index (χ1) is 12.2. The third-order valence-electron chi connectivity index (χ3n) is 3.83. The fraction of sp³-hybridized carbons (Fsp3) is 0. The van der Waals surface area contributed by atoms with Crippen molar-refractivity contribution >= 4 is 46.3 Å². The first kappa shape index (κ1) is 18.3. The Morgan fingerprint density at radius 2 is 0.846 bits per heavy atom. The molecular weight excluding hydrogens is 370 g/mol. The largest absolute Gasteiger partial charge is 0.225 e. The average molecular weight is 384 g/mol. The van der Waals surface area contributed by atoms with E-state index in [-0.39, 0.29) is 19.8 Å². The molecule has 1 heterocycles. The maximum atomic E-state index is 12.6. The van der Waals surface area contributed by atoms with Crippen LogP contribution in [0.3, 0.4) is 0 Å². The van der Waals surface area contributed by atoms with Gasteiger partial charge in [0.2, 0.25) is 19.7 Å². The Balaban J connectivity index is 1.98. The number of hydrogen-bond acceptors (Lipinski definition) is 6. The van der Waals surface area contributed by atoms with Crippen LogP contribution >= 0.6 is 0 Å². The molecule has 0 atom stereocenters. The predicted molar refractivity (Wildman–Crippen MR) is 102 cm³/mol. The van der Waals surface area contributed by atoms with Gasteiger partial charge in [0, 0.05) is 0 Å². The Hall–Kier alpha value is -2.45. The summed E-state index contributed by atoms with van der Waals surface area (Å²) in [4.78, 5) is 0.151. The molecule has 1 aromatic heterocycles. The van der Waals surface area contributed by atoms with Crippen molar-refractivity contribution in [2.45, 2.75) is 19.8 Å². The summed E-state index contributed by atoms with van der Waals surface area (Å²) in [6.07, 6.45) is 0. The summed E-state index contributed by atoms with van der Waals surface area (Å²) >= 11 is 0. The van der Waals surface area contributed by atoms with Gasteiger partial charge in [0.05, 0.1) is 9.79 Å². The molecule has 3 aromatic rings. The Morgan fingerprint density at radius 3 is 1.12 bits per heavy atom. The van der Waals surface area contributed by atoms with E-state index >= 15 is 0 Å². The quantitative estimate of drug-likeness (QED) is 0.517. The number of aromatic nitrogens is 2. The molecule has 0 spiro atoms. The summed E-state index contributed by atoms with van der Waals surface area (Å²) in [5, 5.41) is 6.68. The minimum Gasteiger partial charge on any atom is -0.217 e. The Morgan fingerprint density at radius 1 is 0.538 bits per heavy atom. The van der Waals surface area contributed by atoms with Crippen LogP contribution in [-0.4, -0.2) is 42.7 Å². The summed E-state index contributed by atoms with van der Waals surface area (Å²) in [6, 6.07) is 14.9. The Kier molecular flexibility index (Phi) is 4.72. The van der Waals surface area contributed by atoms with Crippen LogP contribution < -0.4 is 10.9 Å². The number of hydrogen-bond donors (Lipinski definition) is 0. The van der Waals surface area contributed by atoms with E-state index in [2.05, 4.69) is 10.2 Å². The van der Waals surface area contributed by atoms with Gasteiger partial charge >= 0.3 is 0 Å². The molecule has 6 nitrogen and oxygen atoms in total. The molecule has 0 radical (unpaired) electrons. The van der Waals surface area contributed by atoms with Crippen LogP contribution in [-0.2, 0) is 19.7 Å². The SMILES string of the molecule is Bc1ccc(S(=O)(=O)c2ccc(S(=O)(=O)c3ccc(B)cc3)nn2)cc1. The average Bonchev–Trinajstić information content (AvgIpc) is 2.62. The molecule has 0 fully saturated rings. The number of rotatable bonds is 4. The van der Waals surface area contributed by atoms with Crippen LogP contribution in [0.25, 0.3) is 0 Å². The van der Waals surface area contributed by atoms with Gasteiger partial charge in [0.15, 0.2) is 10.1 Å². The second-order valence-electron chi connectivity index (χ2n) is 5.84. The molecule has 130 valence electrons. The van der Waals surface area contributed by atoms with E-state index in [0.717, 1.165) is 23.1 Å². The van der Waals surface area contributed by atoms with Crippen molar-refractivity contribution in [3.05, 3.63) is 60.7 Å². The fourth-order valence-corrected chi connectivity index (χ4v) is 4.53. The number of nitrogens with zero attached hydrogens (tertiary/aromatic N) is 2. The van der Waals surface area contributed by atoms with Gasteiger partial charge in [0.1, 0.15) is 15.7 Å². The molecule has 0 aliphatic rings. The molecule has 0 amide bonds. The van der Waals surface area contributed by atoms with Crippen molar-refractivity contribution in [1.29, 1.82) is 0 Å². The highest BCUT2D eigenvalue weighted by atomic mass is 32.2. The zero-order valence-electron chi connectivity index (χ0n) is 14.1. The van der Waals surface area contributed by atoms with Gasteiger partial charge in [-0.05, 0) is 36.4 Å². The predicted octanol–water partition coefficient (Wildman–Crippen LogP) is -1.34. The van der Waals surface area contributed by atoms with E-state index in [1.807, 2.05) is 15.7 Å². The van der Waals surface area contributed by atoms with Gasteiger partial charge in [-0.2, -0.15) is 0 Å². The van der Waals surface area contributed by atoms with Crippen molar-refractivity contribution in [1.82, 2.24) is 10.2 Å². The molecule has 0 saturated heterocycles. The van der Waals surface area contributed by atoms with Gasteiger partial charge < -0.3 is 0 Å². The van der Waals surface area contributed by atoms with Gasteiger partial charge in [-0.3, -0.25) is 0 Å². The third kappa shape index (κ3) is 3.42. The van der Waals surface area contributed by atoms with Gasteiger partial charge in [0.25, 0.3) is 0 Å². The molecular formula is C16H14B2N2O4S2. The van der Waals surface area contributed by atoms with Crippen LogP contribution in [0.2, 0.25) is 0 Å². The highest BCUT2D eigenvalue weighted by molar-refractivity contribution is 7.91. The molecule has 0 unspecified atom stereocenters. The van der Waals surface area contributed by atoms with Crippen molar-refractivity contribution < 1.29 is 16.8 Å². The maximum Gasteiger partial charge on any atom is 0.225 e. The van der Waals surface area contributed by atoms with Crippen molar-refractivity contribution in [3.63, 3.8) is 0 Å². The van der Waals surface area contributed by atoms with E-state index in [1.54, 1.807) is 24.3 Å². The normalized spacial score (nSPS) is 12.0. The summed E-state index contributed by atoms with van der Waals surface area (Å²) in [5.74, 6) is 0. The zero-order valence-corrected chi connectivity index (χ0v) is 15.8. The highest BCUT2D eigenvalue weighted by Crippen LogP contribution is 2.21. The minimum atomic E-state index is -3.86. The molecule has 10 heteroatoms. The Bertz CT molecular complexity index is 1050. The molecule has 0 bridgehead atoms. The molecule has 0 aliphatic heterocycles. The number of benzene rings is 2. The topological polar surface area (TPSA) is 94.1 Å². The van der Waals surface area contributed by atoms with Crippen molar-refractivity contribution in [2.24, 2.45) is 0 Å². The van der Waals surface area contributed by atoms with Crippen LogP contribution in [0, 0.1) is 0 Å². The lowest BCUT2D eigenvalue weighted by Crippen LogP contribution is -2.11. The van der Waals surface area contributed by atoms with Crippen LogP contribution in [0.15, 0.2) is 80.5 Å². The molecule has 0 saturated carbocycles. The smallest absolute Gasteiger partial charge is 0.217 e. The van der Waals surface area contributed by atoms with Gasteiger partial charge in [-0.15, -0.1) is 10.2 Å². The van der Waals surface area contributed by atoms with Gasteiger partial charge in [-0.25, -0.2) is 16.8 Å². The standard InChI is InChI=1S/C16H14B2N2O4S2/c17-11-1-5-13(6-2-11)25(21,22)15-9-10-16(20-19-15)26(23,24)14-7-3-12(18)4-8-14/h1-10H,17-18H2. The molecule has 0 aliphatic carbocycles. The first-order valence-electron chi connectivity index (χ1n) is 7.68. The van der Waals surface area contributed by atoms with Crippen molar-refractivity contribution in [3.8, 4) is 0 Å². The molecule has 2 aromatic carbocycles. The number of sulfone groups is 2. The molecule has 0 N–H and O–H groups in total. The van der Waals surface area contributed by atoms with E-state index in [9.17, 15) is 16.8 Å². The van der Waals surface area contributed by atoms with Crippen molar-refractivity contribution in [2.75, 3.05) is 0 Å².